The Morgan fingerprint density at radius 3 is 2.65 bits per heavy atom. The van der Waals surface area contributed by atoms with E-state index in [1.54, 1.807) is 6.92 Å². The summed E-state index contributed by atoms with van der Waals surface area (Å²) in [4.78, 5) is 15.4. The minimum absolute atomic E-state index is 0.0367. The Morgan fingerprint density at radius 1 is 1.30 bits per heavy atom. The van der Waals surface area contributed by atoms with Crippen LogP contribution in [0.15, 0.2) is 36.5 Å². The summed E-state index contributed by atoms with van der Waals surface area (Å²) in [6.07, 6.45) is 1.25. The van der Waals surface area contributed by atoms with Gasteiger partial charge in [-0.2, -0.15) is 5.10 Å². The van der Waals surface area contributed by atoms with Gasteiger partial charge >= 0.3 is 5.97 Å². The summed E-state index contributed by atoms with van der Waals surface area (Å²) >= 11 is 6.37. The van der Waals surface area contributed by atoms with E-state index in [1.807, 2.05) is 30.3 Å². The van der Waals surface area contributed by atoms with Gasteiger partial charge in [0.15, 0.2) is 5.65 Å². The molecule has 2 heterocycles. The lowest BCUT2D eigenvalue weighted by Crippen LogP contribution is -2.02. The second-order valence-electron chi connectivity index (χ2n) is 4.33. The van der Waals surface area contributed by atoms with E-state index in [1.165, 1.54) is 10.7 Å². The Morgan fingerprint density at radius 2 is 2.00 bits per heavy atom. The maximum absolute atomic E-state index is 11.1. The molecule has 3 rings (SSSR count). The van der Waals surface area contributed by atoms with Crippen LogP contribution in [0.3, 0.4) is 0 Å². The van der Waals surface area contributed by atoms with Gasteiger partial charge in [-0.15, -0.1) is 0 Å². The molecule has 20 heavy (non-hydrogen) atoms. The highest BCUT2D eigenvalue weighted by Crippen LogP contribution is 2.31. The van der Waals surface area contributed by atoms with E-state index in [0.29, 0.717) is 10.8 Å². The molecule has 0 aliphatic heterocycles. The maximum atomic E-state index is 11.1. The first-order chi connectivity index (χ1) is 9.59. The summed E-state index contributed by atoms with van der Waals surface area (Å²) in [5.74, 6) is -1.07. The predicted molar refractivity (Wildman–Crippen MR) is 75.1 cm³/mol. The van der Waals surface area contributed by atoms with Crippen molar-refractivity contribution in [3.05, 3.63) is 52.9 Å². The minimum atomic E-state index is -1.07. The van der Waals surface area contributed by atoms with E-state index >= 15 is 0 Å². The summed E-state index contributed by atoms with van der Waals surface area (Å²) in [7, 11) is 0. The largest absolute Gasteiger partial charge is 0.477 e. The average molecular weight is 288 g/mol. The molecule has 0 unspecified atom stereocenters. The van der Waals surface area contributed by atoms with Gasteiger partial charge < -0.3 is 5.11 Å². The van der Waals surface area contributed by atoms with Crippen molar-refractivity contribution in [3.63, 3.8) is 0 Å². The molecule has 6 heteroatoms. The molecule has 0 saturated heterocycles. The molecule has 0 spiro atoms. The molecular weight excluding hydrogens is 278 g/mol. The molecule has 0 amide bonds. The summed E-state index contributed by atoms with van der Waals surface area (Å²) in [5, 5.41) is 13.5. The molecule has 0 aliphatic carbocycles. The second kappa shape index (κ2) is 4.61. The number of hydrogen-bond acceptors (Lipinski definition) is 3. The van der Waals surface area contributed by atoms with Gasteiger partial charge in [0.05, 0.1) is 11.9 Å². The smallest absolute Gasteiger partial charge is 0.341 e. The van der Waals surface area contributed by atoms with Gasteiger partial charge in [-0.05, 0) is 12.5 Å². The summed E-state index contributed by atoms with van der Waals surface area (Å²) in [5.41, 5.74) is 2.61. The van der Waals surface area contributed by atoms with Crippen molar-refractivity contribution in [1.29, 1.82) is 0 Å². The first-order valence-electron chi connectivity index (χ1n) is 5.92. The number of benzene rings is 1. The van der Waals surface area contributed by atoms with Crippen LogP contribution in [0, 0.1) is 6.92 Å². The molecule has 3 aromatic rings. The molecule has 100 valence electrons. The van der Waals surface area contributed by atoms with Gasteiger partial charge in [-0.3, -0.25) is 0 Å². The highest BCUT2D eigenvalue weighted by molar-refractivity contribution is 6.32. The number of rotatable bonds is 2. The number of carbonyl (C=O) groups is 1. The number of carboxylic acids is 1. The quantitative estimate of drug-likeness (QED) is 0.736. The van der Waals surface area contributed by atoms with Gasteiger partial charge in [-0.25, -0.2) is 14.3 Å². The zero-order chi connectivity index (χ0) is 14.3. The van der Waals surface area contributed by atoms with E-state index < -0.39 is 5.97 Å². The maximum Gasteiger partial charge on any atom is 0.341 e. The highest BCUT2D eigenvalue weighted by atomic mass is 35.5. The number of fused-ring (bicyclic) bond motifs is 1. The Balaban J connectivity index is 2.34. The second-order valence-corrected chi connectivity index (χ2v) is 4.69. The molecule has 0 saturated carbocycles. The van der Waals surface area contributed by atoms with E-state index in [2.05, 4.69) is 10.1 Å². The highest BCUT2D eigenvalue weighted by Gasteiger charge is 2.19. The van der Waals surface area contributed by atoms with E-state index in [0.717, 1.165) is 11.1 Å². The van der Waals surface area contributed by atoms with Crippen molar-refractivity contribution in [3.8, 4) is 11.1 Å². The summed E-state index contributed by atoms with van der Waals surface area (Å²) < 4.78 is 1.35. The number of aryl methyl sites for hydroxylation is 1. The third-order valence-electron chi connectivity index (χ3n) is 3.06. The van der Waals surface area contributed by atoms with Gasteiger partial charge in [0.1, 0.15) is 10.7 Å². The first kappa shape index (κ1) is 12.6. The summed E-state index contributed by atoms with van der Waals surface area (Å²) in [6, 6.07) is 9.56. The van der Waals surface area contributed by atoms with Crippen LogP contribution in [0.5, 0.6) is 0 Å². The molecule has 0 aliphatic rings. The number of halogens is 1. The number of aromatic carboxylic acids is 1. The Bertz CT molecular complexity index is 812. The van der Waals surface area contributed by atoms with Crippen LogP contribution >= 0.6 is 11.6 Å². The number of aromatic nitrogens is 3. The number of hydrogen-bond donors (Lipinski definition) is 1. The number of carboxylic acid groups (broad SMARTS) is 1. The van der Waals surface area contributed by atoms with E-state index in [9.17, 15) is 4.79 Å². The topological polar surface area (TPSA) is 67.5 Å². The predicted octanol–water partition coefficient (Wildman–Crippen LogP) is 3.06. The van der Waals surface area contributed by atoms with Crippen LogP contribution in [0.1, 0.15) is 16.1 Å². The molecule has 0 radical (unpaired) electrons. The third kappa shape index (κ3) is 1.83. The molecule has 5 nitrogen and oxygen atoms in total. The van der Waals surface area contributed by atoms with Crippen LogP contribution < -0.4 is 0 Å². The molecule has 1 N–H and O–H groups in total. The van der Waals surface area contributed by atoms with Crippen LogP contribution in [0.4, 0.5) is 0 Å². The molecule has 0 atom stereocenters. The van der Waals surface area contributed by atoms with E-state index in [4.69, 9.17) is 16.7 Å². The van der Waals surface area contributed by atoms with Crippen molar-refractivity contribution in [2.24, 2.45) is 0 Å². The zero-order valence-electron chi connectivity index (χ0n) is 10.5. The lowest BCUT2D eigenvalue weighted by atomic mass is 10.1. The Labute approximate surface area is 119 Å². The van der Waals surface area contributed by atoms with Crippen LogP contribution in [-0.4, -0.2) is 25.7 Å². The lowest BCUT2D eigenvalue weighted by molar-refractivity contribution is 0.0699. The molecule has 0 bridgehead atoms. The standard InChI is InChI=1S/C14H10ClN3O2/c1-8-11(9-5-3-2-4-6-9)12(15)18-13(17-8)10(7-16-18)14(19)20/h2-7H,1H3,(H,19,20). The Kier molecular flexibility index (Phi) is 2.91. The molecule has 2 aromatic heterocycles. The number of nitrogens with zero attached hydrogens (tertiary/aromatic N) is 3. The van der Waals surface area contributed by atoms with E-state index in [-0.39, 0.29) is 11.2 Å². The lowest BCUT2D eigenvalue weighted by Gasteiger charge is -2.09. The monoisotopic (exact) mass is 287 g/mol. The van der Waals surface area contributed by atoms with Gasteiger partial charge in [-0.1, -0.05) is 41.9 Å². The van der Waals surface area contributed by atoms with Crippen LogP contribution in [-0.2, 0) is 0 Å². The van der Waals surface area contributed by atoms with Crippen molar-refractivity contribution in [2.75, 3.05) is 0 Å². The fourth-order valence-corrected chi connectivity index (χ4v) is 2.52. The van der Waals surface area contributed by atoms with Gasteiger partial charge in [0.25, 0.3) is 0 Å². The average Bonchev–Trinajstić information content (AvgIpc) is 2.84. The fraction of sp³-hybridized carbons (Fsp3) is 0.0714. The first-order valence-corrected chi connectivity index (χ1v) is 6.30. The Hall–Kier alpha value is -2.40. The zero-order valence-corrected chi connectivity index (χ0v) is 11.3. The minimum Gasteiger partial charge on any atom is -0.477 e. The van der Waals surface area contributed by atoms with Gasteiger partial charge in [0, 0.05) is 5.56 Å². The molecular formula is C14H10ClN3O2. The van der Waals surface area contributed by atoms with Gasteiger partial charge in [0.2, 0.25) is 0 Å². The van der Waals surface area contributed by atoms with Crippen molar-refractivity contribution in [1.82, 2.24) is 14.6 Å². The SMILES string of the molecule is Cc1nc2c(C(=O)O)cnn2c(Cl)c1-c1ccccc1. The third-order valence-corrected chi connectivity index (χ3v) is 3.41. The van der Waals surface area contributed by atoms with Crippen LogP contribution in [0.25, 0.3) is 16.8 Å². The van der Waals surface area contributed by atoms with Crippen LogP contribution in [0.2, 0.25) is 5.15 Å². The summed E-state index contributed by atoms with van der Waals surface area (Å²) in [6.45, 7) is 1.80. The fourth-order valence-electron chi connectivity index (χ4n) is 2.15. The molecule has 0 fully saturated rings. The van der Waals surface area contributed by atoms with Crippen molar-refractivity contribution < 1.29 is 9.90 Å². The normalized spacial score (nSPS) is 10.9. The molecule has 1 aromatic carbocycles. The van der Waals surface area contributed by atoms with Crippen molar-refractivity contribution >= 4 is 23.2 Å². The van der Waals surface area contributed by atoms with Crippen molar-refractivity contribution in [2.45, 2.75) is 6.92 Å².